The van der Waals surface area contributed by atoms with Gasteiger partial charge in [0.05, 0.1) is 6.54 Å². The molecule has 0 aliphatic rings. The fourth-order valence-corrected chi connectivity index (χ4v) is 0.946. The maximum Gasteiger partial charge on any atom is 0.317 e. The Hall–Kier alpha value is -1.42. The molecule has 0 bridgehead atoms. The van der Waals surface area contributed by atoms with Gasteiger partial charge < -0.3 is 10.4 Å². The minimum Gasteiger partial charge on any atom is -0.480 e. The second-order valence-corrected chi connectivity index (χ2v) is 2.59. The smallest absolute Gasteiger partial charge is 0.317 e. The largest absolute Gasteiger partial charge is 0.480 e. The zero-order valence-electron chi connectivity index (χ0n) is 6.96. The van der Waals surface area contributed by atoms with Crippen LogP contribution in [0.5, 0.6) is 0 Å². The highest BCUT2D eigenvalue weighted by atomic mass is 19.1. The fourth-order valence-electron chi connectivity index (χ4n) is 0.946. The summed E-state index contributed by atoms with van der Waals surface area (Å²) in [6, 6.07) is 6.26. The van der Waals surface area contributed by atoms with Crippen molar-refractivity contribution in [3.05, 3.63) is 35.6 Å². The van der Waals surface area contributed by atoms with Gasteiger partial charge in [-0.2, -0.15) is 0 Å². The standard InChI is InChI=1S/C9H10FNO2/c10-8-4-2-1-3-7(8)5-11-6-9(12)13/h1-4,11H,5-6H2,(H,12,13). The molecule has 4 heteroatoms. The highest BCUT2D eigenvalue weighted by Crippen LogP contribution is 2.04. The Labute approximate surface area is 75.2 Å². The third-order valence-corrected chi connectivity index (χ3v) is 1.55. The molecule has 0 spiro atoms. The van der Waals surface area contributed by atoms with E-state index in [-0.39, 0.29) is 18.9 Å². The van der Waals surface area contributed by atoms with Gasteiger partial charge in [0, 0.05) is 12.1 Å². The van der Waals surface area contributed by atoms with Crippen molar-refractivity contribution >= 4 is 5.97 Å². The van der Waals surface area contributed by atoms with E-state index in [2.05, 4.69) is 5.32 Å². The summed E-state index contributed by atoms with van der Waals surface area (Å²) in [5.74, 6) is -1.27. The van der Waals surface area contributed by atoms with Crippen LogP contribution in [0.25, 0.3) is 0 Å². The summed E-state index contributed by atoms with van der Waals surface area (Å²) < 4.78 is 12.9. The summed E-state index contributed by atoms with van der Waals surface area (Å²) >= 11 is 0. The summed E-state index contributed by atoms with van der Waals surface area (Å²) in [6.07, 6.45) is 0. The Morgan fingerprint density at radius 2 is 2.15 bits per heavy atom. The van der Waals surface area contributed by atoms with Gasteiger partial charge in [-0.15, -0.1) is 0 Å². The summed E-state index contributed by atoms with van der Waals surface area (Å²) in [6.45, 7) is 0.0767. The quantitative estimate of drug-likeness (QED) is 0.732. The van der Waals surface area contributed by atoms with Crippen LogP contribution < -0.4 is 5.32 Å². The van der Waals surface area contributed by atoms with E-state index >= 15 is 0 Å². The zero-order valence-corrected chi connectivity index (χ0v) is 6.96. The molecule has 0 aliphatic heterocycles. The summed E-state index contributed by atoms with van der Waals surface area (Å²) in [5, 5.41) is 10.9. The second-order valence-electron chi connectivity index (χ2n) is 2.59. The van der Waals surface area contributed by atoms with Gasteiger partial charge >= 0.3 is 5.97 Å². The van der Waals surface area contributed by atoms with Crippen molar-refractivity contribution < 1.29 is 14.3 Å². The molecule has 0 heterocycles. The van der Waals surface area contributed by atoms with Crippen molar-refractivity contribution in [1.29, 1.82) is 0 Å². The van der Waals surface area contributed by atoms with Crippen LogP contribution in [-0.4, -0.2) is 17.6 Å². The molecule has 0 saturated heterocycles. The lowest BCUT2D eigenvalue weighted by Crippen LogP contribution is -2.22. The Morgan fingerprint density at radius 3 is 2.77 bits per heavy atom. The molecule has 0 aliphatic carbocycles. The predicted octanol–water partition coefficient (Wildman–Crippen LogP) is 1.000. The van der Waals surface area contributed by atoms with E-state index in [4.69, 9.17) is 5.11 Å². The third kappa shape index (κ3) is 3.21. The van der Waals surface area contributed by atoms with Crippen molar-refractivity contribution in [3.63, 3.8) is 0 Å². The molecule has 0 amide bonds. The number of carboxylic acids is 1. The molecule has 0 unspecified atom stereocenters. The number of carboxylic acid groups (broad SMARTS) is 1. The van der Waals surface area contributed by atoms with Crippen LogP contribution in [0.15, 0.2) is 24.3 Å². The molecule has 1 aromatic carbocycles. The maximum absolute atomic E-state index is 12.9. The molecule has 3 nitrogen and oxygen atoms in total. The number of halogens is 1. The number of aliphatic carboxylic acids is 1. The number of rotatable bonds is 4. The summed E-state index contributed by atoms with van der Waals surface area (Å²) in [7, 11) is 0. The first-order valence-corrected chi connectivity index (χ1v) is 3.86. The Morgan fingerprint density at radius 1 is 1.46 bits per heavy atom. The molecule has 70 valence electrons. The topological polar surface area (TPSA) is 49.3 Å². The van der Waals surface area contributed by atoms with Gasteiger partial charge in [0.15, 0.2) is 0 Å². The van der Waals surface area contributed by atoms with E-state index in [1.165, 1.54) is 6.07 Å². The average molecular weight is 183 g/mol. The maximum atomic E-state index is 12.9. The van der Waals surface area contributed by atoms with Crippen molar-refractivity contribution in [2.75, 3.05) is 6.54 Å². The van der Waals surface area contributed by atoms with Crippen molar-refractivity contribution in [3.8, 4) is 0 Å². The van der Waals surface area contributed by atoms with Crippen LogP contribution >= 0.6 is 0 Å². The SMILES string of the molecule is O=C(O)CNCc1ccccc1F. The minimum absolute atomic E-state index is 0.158. The Balaban J connectivity index is 2.45. The van der Waals surface area contributed by atoms with Crippen LogP contribution in [0.2, 0.25) is 0 Å². The molecule has 2 N–H and O–H groups in total. The Bertz CT molecular complexity index is 301. The lowest BCUT2D eigenvalue weighted by Gasteiger charge is -2.02. The lowest BCUT2D eigenvalue weighted by molar-refractivity contribution is -0.136. The zero-order chi connectivity index (χ0) is 9.68. The number of hydrogen-bond donors (Lipinski definition) is 2. The number of benzene rings is 1. The number of carbonyl (C=O) groups is 1. The molecule has 0 saturated carbocycles. The van der Waals surface area contributed by atoms with Gasteiger partial charge in [0.1, 0.15) is 5.82 Å². The molecule has 13 heavy (non-hydrogen) atoms. The van der Waals surface area contributed by atoms with Crippen LogP contribution in [-0.2, 0) is 11.3 Å². The normalized spacial score (nSPS) is 9.92. The van der Waals surface area contributed by atoms with Crippen LogP contribution in [0, 0.1) is 5.82 Å². The van der Waals surface area contributed by atoms with Gasteiger partial charge in [0.25, 0.3) is 0 Å². The van der Waals surface area contributed by atoms with Crippen molar-refractivity contribution in [1.82, 2.24) is 5.32 Å². The number of nitrogens with one attached hydrogen (secondary N) is 1. The third-order valence-electron chi connectivity index (χ3n) is 1.55. The first kappa shape index (κ1) is 9.67. The van der Waals surface area contributed by atoms with E-state index < -0.39 is 5.97 Å². The summed E-state index contributed by atoms with van der Waals surface area (Å²) in [4.78, 5) is 10.1. The second kappa shape index (κ2) is 4.57. The first-order chi connectivity index (χ1) is 6.20. The first-order valence-electron chi connectivity index (χ1n) is 3.86. The van der Waals surface area contributed by atoms with E-state index in [1.807, 2.05) is 0 Å². The van der Waals surface area contributed by atoms with Crippen LogP contribution in [0.4, 0.5) is 4.39 Å². The Kier molecular flexibility index (Phi) is 3.40. The summed E-state index contributed by atoms with van der Waals surface area (Å²) in [5.41, 5.74) is 0.476. The van der Waals surface area contributed by atoms with E-state index in [0.29, 0.717) is 5.56 Å². The average Bonchev–Trinajstić information content (AvgIpc) is 2.08. The molecule has 0 atom stereocenters. The van der Waals surface area contributed by atoms with Crippen LogP contribution in [0.3, 0.4) is 0 Å². The van der Waals surface area contributed by atoms with E-state index in [9.17, 15) is 9.18 Å². The van der Waals surface area contributed by atoms with Crippen molar-refractivity contribution in [2.45, 2.75) is 6.54 Å². The van der Waals surface area contributed by atoms with Gasteiger partial charge in [0.2, 0.25) is 0 Å². The van der Waals surface area contributed by atoms with E-state index in [1.54, 1.807) is 18.2 Å². The number of hydrogen-bond acceptors (Lipinski definition) is 2. The predicted molar refractivity (Wildman–Crippen MR) is 45.7 cm³/mol. The molecular formula is C9H10FNO2. The van der Waals surface area contributed by atoms with Crippen LogP contribution in [0.1, 0.15) is 5.56 Å². The molecular weight excluding hydrogens is 173 g/mol. The van der Waals surface area contributed by atoms with Crippen molar-refractivity contribution in [2.24, 2.45) is 0 Å². The highest BCUT2D eigenvalue weighted by Gasteiger charge is 2.00. The monoisotopic (exact) mass is 183 g/mol. The van der Waals surface area contributed by atoms with Gasteiger partial charge in [-0.1, -0.05) is 18.2 Å². The fraction of sp³-hybridized carbons (Fsp3) is 0.222. The van der Waals surface area contributed by atoms with Gasteiger partial charge in [-0.05, 0) is 6.07 Å². The molecule has 1 rings (SSSR count). The molecule has 0 radical (unpaired) electrons. The molecule has 0 aromatic heterocycles. The molecule has 1 aromatic rings. The van der Waals surface area contributed by atoms with Gasteiger partial charge in [-0.3, -0.25) is 4.79 Å². The molecule has 0 fully saturated rings. The highest BCUT2D eigenvalue weighted by molar-refractivity contribution is 5.68. The van der Waals surface area contributed by atoms with E-state index in [0.717, 1.165) is 0 Å². The minimum atomic E-state index is -0.948. The van der Waals surface area contributed by atoms with Gasteiger partial charge in [-0.25, -0.2) is 4.39 Å². The lowest BCUT2D eigenvalue weighted by atomic mass is 10.2.